The van der Waals surface area contributed by atoms with Crippen LogP contribution in [0.2, 0.25) is 0 Å². The molecule has 6 aromatic carbocycles. The number of benzene rings is 6. The van der Waals surface area contributed by atoms with Gasteiger partial charge in [0, 0.05) is 54.3 Å². The molecule has 0 unspecified atom stereocenters. The van der Waals surface area contributed by atoms with Gasteiger partial charge in [0.15, 0.2) is 0 Å². The van der Waals surface area contributed by atoms with E-state index >= 15 is 0 Å². The van der Waals surface area contributed by atoms with E-state index in [1.165, 1.54) is 156 Å². The molecule has 2 aliphatic heterocycles. The van der Waals surface area contributed by atoms with E-state index < -0.39 is 0 Å². The van der Waals surface area contributed by atoms with Crippen molar-refractivity contribution in [3.63, 3.8) is 0 Å². The summed E-state index contributed by atoms with van der Waals surface area (Å²) in [5.74, 6) is 0.553. The standard InChI is InChI=1S/C59H63BN2S/c1-36-17-13-15-21-48(36)62-49-32-41-40-20-14-16-22-53(40)63-54(41)35-47(49)60-46-33-44-45(59(8,9)28-27-58(44,6)7)34-50(46)61(39-23-24-42-43(31-39)57(4,5)26-25-56(42,2)3)51-29-38(30-52(62)55(51)60)37-18-11-10-12-19-37/h13-17,20-24,29-35,37H,10-12,18-19,25-28H2,1-9H3. The van der Waals surface area contributed by atoms with Gasteiger partial charge in [-0.2, -0.15) is 0 Å². The van der Waals surface area contributed by atoms with Gasteiger partial charge in [0.05, 0.1) is 0 Å². The molecule has 1 fully saturated rings. The first-order valence-corrected chi connectivity index (χ1v) is 25.1. The van der Waals surface area contributed by atoms with Gasteiger partial charge in [-0.3, -0.25) is 0 Å². The third-order valence-electron chi connectivity index (χ3n) is 17.1. The summed E-state index contributed by atoms with van der Waals surface area (Å²) in [6, 6.07) is 41.8. The van der Waals surface area contributed by atoms with Gasteiger partial charge < -0.3 is 9.80 Å². The summed E-state index contributed by atoms with van der Waals surface area (Å²) in [6.07, 6.45) is 11.3. The van der Waals surface area contributed by atoms with Gasteiger partial charge in [0.2, 0.25) is 0 Å². The second-order valence-corrected chi connectivity index (χ2v) is 24.0. The molecule has 1 saturated carbocycles. The zero-order chi connectivity index (χ0) is 43.4. The topological polar surface area (TPSA) is 6.48 Å². The van der Waals surface area contributed by atoms with Crippen molar-refractivity contribution in [1.29, 1.82) is 0 Å². The average molecular weight is 843 g/mol. The van der Waals surface area contributed by atoms with Gasteiger partial charge in [-0.25, -0.2) is 0 Å². The molecule has 0 N–H and O–H groups in total. The molecule has 3 aliphatic carbocycles. The van der Waals surface area contributed by atoms with Gasteiger partial charge in [-0.15, -0.1) is 11.3 Å². The fourth-order valence-electron chi connectivity index (χ4n) is 13.0. The maximum atomic E-state index is 2.77. The Bertz CT molecular complexity index is 3050. The molecule has 318 valence electrons. The van der Waals surface area contributed by atoms with E-state index in [0.29, 0.717) is 5.92 Å². The van der Waals surface area contributed by atoms with Crippen LogP contribution in [0.15, 0.2) is 103 Å². The first-order chi connectivity index (χ1) is 30.1. The lowest BCUT2D eigenvalue weighted by Crippen LogP contribution is -2.62. The van der Waals surface area contributed by atoms with E-state index in [9.17, 15) is 0 Å². The summed E-state index contributed by atoms with van der Waals surface area (Å²) in [5.41, 5.74) is 21.8. The lowest BCUT2D eigenvalue weighted by atomic mass is 9.33. The second-order valence-electron chi connectivity index (χ2n) is 22.9. The molecule has 0 atom stereocenters. The Morgan fingerprint density at radius 3 is 1.79 bits per heavy atom. The van der Waals surface area contributed by atoms with Crippen LogP contribution in [0.1, 0.15) is 152 Å². The van der Waals surface area contributed by atoms with Crippen LogP contribution in [-0.2, 0) is 21.7 Å². The third kappa shape index (κ3) is 5.88. The Labute approximate surface area is 380 Å². The van der Waals surface area contributed by atoms with E-state index in [2.05, 4.69) is 175 Å². The number of aryl methyl sites for hydroxylation is 1. The van der Waals surface area contributed by atoms with Crippen LogP contribution < -0.4 is 26.2 Å². The molecular weight excluding hydrogens is 780 g/mol. The minimum atomic E-state index is 0.0815. The van der Waals surface area contributed by atoms with Crippen LogP contribution in [0.4, 0.5) is 34.1 Å². The van der Waals surface area contributed by atoms with Crippen LogP contribution in [0.3, 0.4) is 0 Å². The zero-order valence-electron chi connectivity index (χ0n) is 39.1. The fourth-order valence-corrected chi connectivity index (χ4v) is 14.2. The largest absolute Gasteiger partial charge is 0.311 e. The Morgan fingerprint density at radius 2 is 1.08 bits per heavy atom. The highest BCUT2D eigenvalue weighted by atomic mass is 32.1. The van der Waals surface area contributed by atoms with Gasteiger partial charge in [-0.1, -0.05) is 123 Å². The molecule has 0 radical (unpaired) electrons. The molecule has 0 saturated heterocycles. The number of rotatable bonds is 3. The number of nitrogens with zero attached hydrogens (tertiary/aromatic N) is 2. The highest BCUT2D eigenvalue weighted by Gasteiger charge is 2.48. The molecule has 0 amide bonds. The lowest BCUT2D eigenvalue weighted by Gasteiger charge is -2.48. The van der Waals surface area contributed by atoms with Crippen molar-refractivity contribution in [3.8, 4) is 0 Å². The molecule has 5 aliphatic rings. The summed E-state index contributed by atoms with van der Waals surface area (Å²) < 4.78 is 2.74. The van der Waals surface area contributed by atoms with Crippen molar-refractivity contribution in [3.05, 3.63) is 137 Å². The number of fused-ring (bicyclic) bond motifs is 9. The first-order valence-electron chi connectivity index (χ1n) is 24.2. The molecule has 7 aromatic rings. The minimum Gasteiger partial charge on any atom is -0.311 e. The Kier molecular flexibility index (Phi) is 8.60. The molecule has 4 heteroatoms. The van der Waals surface area contributed by atoms with Crippen LogP contribution in [0.5, 0.6) is 0 Å². The summed E-state index contributed by atoms with van der Waals surface area (Å²) in [4.78, 5) is 5.47. The Balaban J connectivity index is 1.23. The van der Waals surface area contributed by atoms with Crippen LogP contribution >= 0.6 is 11.3 Å². The van der Waals surface area contributed by atoms with E-state index in [-0.39, 0.29) is 28.4 Å². The smallest absolute Gasteiger partial charge is 0.252 e. The molecule has 0 bridgehead atoms. The molecule has 12 rings (SSSR count). The average Bonchev–Trinajstić information content (AvgIpc) is 3.64. The number of hydrogen-bond donors (Lipinski definition) is 0. The minimum absolute atomic E-state index is 0.0815. The van der Waals surface area contributed by atoms with E-state index in [1.807, 2.05) is 11.3 Å². The zero-order valence-corrected chi connectivity index (χ0v) is 40.0. The van der Waals surface area contributed by atoms with Crippen LogP contribution in [0.25, 0.3) is 20.2 Å². The van der Waals surface area contributed by atoms with Crippen LogP contribution in [-0.4, -0.2) is 6.71 Å². The number of anilines is 6. The van der Waals surface area contributed by atoms with Crippen molar-refractivity contribution < 1.29 is 0 Å². The molecule has 0 spiro atoms. The van der Waals surface area contributed by atoms with Gasteiger partial charge in [0.1, 0.15) is 0 Å². The summed E-state index contributed by atoms with van der Waals surface area (Å²) in [6.45, 7) is 22.3. The van der Waals surface area contributed by atoms with Crippen molar-refractivity contribution in [2.45, 2.75) is 148 Å². The maximum absolute atomic E-state index is 2.77. The van der Waals surface area contributed by atoms with Crippen molar-refractivity contribution in [2.75, 3.05) is 9.80 Å². The van der Waals surface area contributed by atoms with E-state index in [0.717, 1.165) is 0 Å². The van der Waals surface area contributed by atoms with Gasteiger partial charge in [-0.05, 0) is 177 Å². The fraction of sp³-hybridized carbons (Fsp3) is 0.390. The third-order valence-corrected chi connectivity index (χ3v) is 18.2. The highest BCUT2D eigenvalue weighted by molar-refractivity contribution is 7.26. The number of thiophene rings is 1. The van der Waals surface area contributed by atoms with Gasteiger partial charge in [0.25, 0.3) is 6.71 Å². The van der Waals surface area contributed by atoms with Gasteiger partial charge >= 0.3 is 0 Å². The molecular formula is C59H63BN2S. The molecule has 3 heterocycles. The Hall–Kier alpha value is -4.80. The second kappa shape index (κ2) is 13.6. The molecule has 63 heavy (non-hydrogen) atoms. The summed E-state index contributed by atoms with van der Waals surface area (Å²) >= 11 is 1.96. The highest BCUT2D eigenvalue weighted by Crippen LogP contribution is 2.54. The summed E-state index contributed by atoms with van der Waals surface area (Å²) in [7, 11) is 0. The molecule has 1 aromatic heterocycles. The quantitative estimate of drug-likeness (QED) is 0.164. The first kappa shape index (κ1) is 39.8. The SMILES string of the molecule is Cc1ccccc1N1c2cc3c(cc2B2c4cc5c(cc4N(c4ccc6c(c4)C(C)(C)CCC6(C)C)c4cc(C6CCCCC6)cc1c42)C(C)(C)CCC5(C)C)sc1ccccc13. The van der Waals surface area contributed by atoms with Crippen molar-refractivity contribution in [2.24, 2.45) is 0 Å². The van der Waals surface area contributed by atoms with E-state index in [1.54, 1.807) is 5.56 Å². The Morgan fingerprint density at radius 1 is 0.492 bits per heavy atom. The monoisotopic (exact) mass is 842 g/mol. The van der Waals surface area contributed by atoms with Crippen LogP contribution in [0, 0.1) is 6.92 Å². The molecule has 2 nitrogen and oxygen atoms in total. The summed E-state index contributed by atoms with van der Waals surface area (Å²) in [5, 5.41) is 2.73. The number of hydrogen-bond acceptors (Lipinski definition) is 3. The normalized spacial score (nSPS) is 20.2. The van der Waals surface area contributed by atoms with Crippen molar-refractivity contribution in [1.82, 2.24) is 0 Å². The lowest BCUT2D eigenvalue weighted by molar-refractivity contribution is 0.332. The van der Waals surface area contributed by atoms with Crippen molar-refractivity contribution >= 4 is 88.7 Å². The maximum Gasteiger partial charge on any atom is 0.252 e. The predicted molar refractivity (Wildman–Crippen MR) is 274 cm³/mol. The van der Waals surface area contributed by atoms with E-state index in [4.69, 9.17) is 0 Å². The number of para-hydroxylation sites is 1. The predicted octanol–water partition coefficient (Wildman–Crippen LogP) is 15.2.